The standard InChI is InChI=1S/C13H12N4O2/c1-7-14-9-4-3-8(5-10(9)15-7)12-6-11(13(18)19)16-17(12)2/h3-6H,1-2H3,(H,14,15)(H,18,19). The first-order chi connectivity index (χ1) is 9.04. The second-order valence-electron chi connectivity index (χ2n) is 4.40. The fraction of sp³-hybridized carbons (Fsp3) is 0.154. The van der Waals surface area contributed by atoms with Crippen LogP contribution in [-0.4, -0.2) is 30.8 Å². The maximum atomic E-state index is 10.9. The van der Waals surface area contributed by atoms with Crippen LogP contribution in [0.5, 0.6) is 0 Å². The average Bonchev–Trinajstić information content (AvgIpc) is 2.90. The molecule has 0 radical (unpaired) electrons. The minimum Gasteiger partial charge on any atom is -0.476 e. The molecule has 0 atom stereocenters. The van der Waals surface area contributed by atoms with Crippen molar-refractivity contribution < 1.29 is 9.90 Å². The molecule has 0 bridgehead atoms. The molecule has 19 heavy (non-hydrogen) atoms. The molecule has 0 aliphatic rings. The van der Waals surface area contributed by atoms with Crippen LogP contribution in [0.15, 0.2) is 24.3 Å². The smallest absolute Gasteiger partial charge is 0.356 e. The van der Waals surface area contributed by atoms with Gasteiger partial charge in [-0.25, -0.2) is 9.78 Å². The Hall–Kier alpha value is -2.63. The highest BCUT2D eigenvalue weighted by Crippen LogP contribution is 2.23. The molecular formula is C13H12N4O2. The van der Waals surface area contributed by atoms with Gasteiger partial charge in [0.1, 0.15) is 5.82 Å². The van der Waals surface area contributed by atoms with Gasteiger partial charge < -0.3 is 10.1 Å². The molecule has 0 aliphatic heterocycles. The van der Waals surface area contributed by atoms with Crippen molar-refractivity contribution >= 4 is 17.0 Å². The van der Waals surface area contributed by atoms with Crippen molar-refractivity contribution in [3.63, 3.8) is 0 Å². The van der Waals surface area contributed by atoms with E-state index in [1.165, 1.54) is 0 Å². The number of aryl methyl sites for hydroxylation is 2. The Morgan fingerprint density at radius 1 is 1.37 bits per heavy atom. The van der Waals surface area contributed by atoms with E-state index >= 15 is 0 Å². The number of carboxylic acid groups (broad SMARTS) is 1. The lowest BCUT2D eigenvalue weighted by molar-refractivity contribution is 0.0689. The van der Waals surface area contributed by atoms with E-state index in [0.29, 0.717) is 0 Å². The van der Waals surface area contributed by atoms with Gasteiger partial charge in [-0.15, -0.1) is 0 Å². The van der Waals surface area contributed by atoms with E-state index in [4.69, 9.17) is 5.11 Å². The van der Waals surface area contributed by atoms with Crippen LogP contribution < -0.4 is 0 Å². The van der Waals surface area contributed by atoms with Crippen molar-refractivity contribution in [2.24, 2.45) is 7.05 Å². The quantitative estimate of drug-likeness (QED) is 0.734. The van der Waals surface area contributed by atoms with Gasteiger partial charge in [-0.1, -0.05) is 6.07 Å². The van der Waals surface area contributed by atoms with E-state index in [1.54, 1.807) is 17.8 Å². The monoisotopic (exact) mass is 256 g/mol. The summed E-state index contributed by atoms with van der Waals surface area (Å²) in [5.41, 5.74) is 3.51. The zero-order valence-electron chi connectivity index (χ0n) is 10.5. The molecule has 0 spiro atoms. The molecule has 2 heterocycles. The SMILES string of the molecule is Cc1nc2ccc(-c3cc(C(=O)O)nn3C)cc2[nH]1. The molecule has 0 unspecified atom stereocenters. The Labute approximate surface area is 108 Å². The van der Waals surface area contributed by atoms with E-state index in [-0.39, 0.29) is 5.69 Å². The number of nitrogens with zero attached hydrogens (tertiary/aromatic N) is 3. The number of aromatic nitrogens is 4. The van der Waals surface area contributed by atoms with Crippen molar-refractivity contribution in [1.29, 1.82) is 0 Å². The largest absolute Gasteiger partial charge is 0.476 e. The molecule has 96 valence electrons. The number of benzene rings is 1. The van der Waals surface area contributed by atoms with E-state index < -0.39 is 5.97 Å². The summed E-state index contributed by atoms with van der Waals surface area (Å²) in [6.07, 6.45) is 0. The lowest BCUT2D eigenvalue weighted by atomic mass is 10.1. The number of H-pyrrole nitrogens is 1. The molecule has 0 amide bonds. The first kappa shape index (κ1) is 11.5. The topological polar surface area (TPSA) is 83.8 Å². The van der Waals surface area contributed by atoms with Crippen LogP contribution in [0.4, 0.5) is 0 Å². The van der Waals surface area contributed by atoms with Crippen molar-refractivity contribution in [2.75, 3.05) is 0 Å². The maximum absolute atomic E-state index is 10.9. The number of hydrogen-bond acceptors (Lipinski definition) is 3. The molecule has 3 rings (SSSR count). The first-order valence-electron chi connectivity index (χ1n) is 5.78. The fourth-order valence-electron chi connectivity index (χ4n) is 2.14. The van der Waals surface area contributed by atoms with E-state index in [0.717, 1.165) is 28.1 Å². The van der Waals surface area contributed by atoms with Crippen LogP contribution in [-0.2, 0) is 7.05 Å². The molecule has 6 nitrogen and oxygen atoms in total. The molecule has 0 aliphatic carbocycles. The van der Waals surface area contributed by atoms with Gasteiger partial charge in [-0.2, -0.15) is 5.10 Å². The highest BCUT2D eigenvalue weighted by Gasteiger charge is 2.13. The predicted octanol–water partition coefficient (Wildman–Crippen LogP) is 1.97. The van der Waals surface area contributed by atoms with Crippen LogP contribution in [0.25, 0.3) is 22.3 Å². The molecule has 6 heteroatoms. The molecule has 0 saturated carbocycles. The zero-order chi connectivity index (χ0) is 13.6. The van der Waals surface area contributed by atoms with Crippen LogP contribution >= 0.6 is 0 Å². The Bertz CT molecular complexity index is 785. The van der Waals surface area contributed by atoms with Gasteiger partial charge in [0.2, 0.25) is 0 Å². The second-order valence-corrected chi connectivity index (χ2v) is 4.40. The third kappa shape index (κ3) is 1.87. The van der Waals surface area contributed by atoms with Gasteiger partial charge >= 0.3 is 5.97 Å². The van der Waals surface area contributed by atoms with Crippen molar-refractivity contribution in [2.45, 2.75) is 6.92 Å². The molecule has 2 aromatic heterocycles. The molecule has 1 aromatic carbocycles. The normalized spacial score (nSPS) is 11.1. The minimum atomic E-state index is -1.03. The highest BCUT2D eigenvalue weighted by molar-refractivity contribution is 5.88. The number of rotatable bonds is 2. The molecule has 0 saturated heterocycles. The van der Waals surface area contributed by atoms with Gasteiger partial charge in [0.15, 0.2) is 5.69 Å². The number of carboxylic acids is 1. The van der Waals surface area contributed by atoms with Crippen LogP contribution in [0.1, 0.15) is 16.3 Å². The summed E-state index contributed by atoms with van der Waals surface area (Å²) in [6.45, 7) is 1.90. The number of nitrogens with one attached hydrogen (secondary N) is 1. The van der Waals surface area contributed by atoms with E-state index in [1.807, 2.05) is 25.1 Å². The highest BCUT2D eigenvalue weighted by atomic mass is 16.4. The number of hydrogen-bond donors (Lipinski definition) is 2. The van der Waals surface area contributed by atoms with Crippen LogP contribution in [0, 0.1) is 6.92 Å². The van der Waals surface area contributed by atoms with Gasteiger partial charge in [0.05, 0.1) is 16.7 Å². The van der Waals surface area contributed by atoms with Crippen molar-refractivity contribution in [3.05, 3.63) is 35.8 Å². The van der Waals surface area contributed by atoms with Gasteiger partial charge in [0.25, 0.3) is 0 Å². The summed E-state index contributed by atoms with van der Waals surface area (Å²) in [4.78, 5) is 18.4. The molecule has 2 N–H and O–H groups in total. The minimum absolute atomic E-state index is 0.0402. The van der Waals surface area contributed by atoms with E-state index in [2.05, 4.69) is 15.1 Å². The zero-order valence-corrected chi connectivity index (χ0v) is 10.5. The van der Waals surface area contributed by atoms with E-state index in [9.17, 15) is 4.79 Å². The van der Waals surface area contributed by atoms with Crippen LogP contribution in [0.2, 0.25) is 0 Å². The van der Waals surface area contributed by atoms with Gasteiger partial charge in [-0.3, -0.25) is 4.68 Å². The molecule has 3 aromatic rings. The summed E-state index contributed by atoms with van der Waals surface area (Å²) in [5.74, 6) is -0.177. The summed E-state index contributed by atoms with van der Waals surface area (Å²) in [5, 5.41) is 12.9. The number of aromatic carboxylic acids is 1. The Kier molecular flexibility index (Phi) is 2.38. The van der Waals surface area contributed by atoms with Crippen molar-refractivity contribution in [3.8, 4) is 11.3 Å². The van der Waals surface area contributed by atoms with Gasteiger partial charge in [-0.05, 0) is 25.1 Å². The number of imidazole rings is 1. The summed E-state index contributed by atoms with van der Waals surface area (Å²) in [7, 11) is 1.73. The first-order valence-corrected chi connectivity index (χ1v) is 5.78. The fourth-order valence-corrected chi connectivity index (χ4v) is 2.14. The second kappa shape index (κ2) is 3.94. The van der Waals surface area contributed by atoms with Crippen molar-refractivity contribution in [1.82, 2.24) is 19.7 Å². The molecular weight excluding hydrogens is 244 g/mol. The Balaban J connectivity index is 2.15. The molecule has 0 fully saturated rings. The lowest BCUT2D eigenvalue weighted by Gasteiger charge is -2.01. The third-order valence-corrected chi connectivity index (χ3v) is 2.99. The summed E-state index contributed by atoms with van der Waals surface area (Å²) in [6, 6.07) is 7.32. The van der Waals surface area contributed by atoms with Crippen LogP contribution in [0.3, 0.4) is 0 Å². The lowest BCUT2D eigenvalue weighted by Crippen LogP contribution is -1.99. The maximum Gasteiger partial charge on any atom is 0.356 e. The Morgan fingerprint density at radius 3 is 2.84 bits per heavy atom. The third-order valence-electron chi connectivity index (χ3n) is 2.99. The predicted molar refractivity (Wildman–Crippen MR) is 70.0 cm³/mol. The summed E-state index contributed by atoms with van der Waals surface area (Å²) >= 11 is 0. The number of aromatic amines is 1. The number of carbonyl (C=O) groups is 1. The average molecular weight is 256 g/mol. The number of fused-ring (bicyclic) bond motifs is 1. The summed E-state index contributed by atoms with van der Waals surface area (Å²) < 4.78 is 1.56. The Morgan fingerprint density at radius 2 is 2.16 bits per heavy atom. The van der Waals surface area contributed by atoms with Gasteiger partial charge in [0, 0.05) is 12.6 Å².